The van der Waals surface area contributed by atoms with Gasteiger partial charge in [-0.3, -0.25) is 9.59 Å². The van der Waals surface area contributed by atoms with Crippen LogP contribution in [0.25, 0.3) is 0 Å². The minimum Gasteiger partial charge on any atom is -0.342 e. The molecule has 6 heteroatoms. The normalized spacial score (nSPS) is 23.1. The number of thiazole rings is 1. The first kappa shape index (κ1) is 15.9. The molecule has 1 aliphatic heterocycles. The zero-order valence-electron chi connectivity index (χ0n) is 13.2. The predicted octanol–water partition coefficient (Wildman–Crippen LogP) is 1.96. The van der Waals surface area contributed by atoms with Crippen LogP contribution in [0.3, 0.4) is 0 Å². The standard InChI is InChI=1S/C15H23N3O2S/c1-8(2)12-15(20)18(7-11-6-16-10(5)21-11)13(9(3)4)14(19)17-12/h6,8-9,12-13H,7H2,1-5H3,(H,17,19). The number of piperazine rings is 1. The maximum Gasteiger partial charge on any atom is 0.246 e. The van der Waals surface area contributed by atoms with Gasteiger partial charge >= 0.3 is 0 Å². The molecule has 116 valence electrons. The van der Waals surface area contributed by atoms with Gasteiger partial charge < -0.3 is 10.2 Å². The average molecular weight is 309 g/mol. The first-order chi connectivity index (χ1) is 9.81. The van der Waals surface area contributed by atoms with Crippen LogP contribution in [0.4, 0.5) is 0 Å². The molecule has 0 bridgehead atoms. The molecule has 1 N–H and O–H groups in total. The highest BCUT2D eigenvalue weighted by Gasteiger charge is 2.42. The summed E-state index contributed by atoms with van der Waals surface area (Å²) in [4.78, 5) is 32.1. The molecule has 1 aromatic heterocycles. The van der Waals surface area contributed by atoms with Crippen LogP contribution in [0, 0.1) is 18.8 Å². The molecule has 0 aliphatic carbocycles. The Labute approximate surface area is 129 Å². The number of hydrogen-bond acceptors (Lipinski definition) is 4. The van der Waals surface area contributed by atoms with Crippen molar-refractivity contribution in [1.82, 2.24) is 15.2 Å². The summed E-state index contributed by atoms with van der Waals surface area (Å²) in [5.41, 5.74) is 0. The van der Waals surface area contributed by atoms with Crippen molar-refractivity contribution in [3.05, 3.63) is 16.1 Å². The third kappa shape index (κ3) is 3.26. The topological polar surface area (TPSA) is 62.3 Å². The lowest BCUT2D eigenvalue weighted by molar-refractivity contribution is -0.153. The van der Waals surface area contributed by atoms with Crippen molar-refractivity contribution in [2.45, 2.75) is 53.2 Å². The number of carbonyl (C=O) groups excluding carboxylic acids is 2. The third-order valence-corrected chi connectivity index (χ3v) is 4.64. The summed E-state index contributed by atoms with van der Waals surface area (Å²) in [6, 6.07) is -0.837. The van der Waals surface area contributed by atoms with Crippen molar-refractivity contribution in [2.75, 3.05) is 0 Å². The van der Waals surface area contributed by atoms with Crippen LogP contribution in [0.2, 0.25) is 0 Å². The van der Waals surface area contributed by atoms with Crippen LogP contribution >= 0.6 is 11.3 Å². The van der Waals surface area contributed by atoms with Gasteiger partial charge in [0.05, 0.1) is 11.6 Å². The number of aryl methyl sites for hydroxylation is 1. The average Bonchev–Trinajstić information content (AvgIpc) is 2.78. The molecule has 2 heterocycles. The van der Waals surface area contributed by atoms with E-state index in [-0.39, 0.29) is 23.7 Å². The van der Waals surface area contributed by atoms with Crippen molar-refractivity contribution in [3.63, 3.8) is 0 Å². The highest BCUT2D eigenvalue weighted by molar-refractivity contribution is 7.11. The van der Waals surface area contributed by atoms with E-state index in [1.807, 2.05) is 34.6 Å². The van der Waals surface area contributed by atoms with Crippen molar-refractivity contribution < 1.29 is 9.59 Å². The fourth-order valence-corrected chi connectivity index (χ4v) is 3.49. The fourth-order valence-electron chi connectivity index (χ4n) is 2.69. The van der Waals surface area contributed by atoms with Gasteiger partial charge in [0.1, 0.15) is 12.1 Å². The van der Waals surface area contributed by atoms with Gasteiger partial charge in [-0.15, -0.1) is 11.3 Å². The van der Waals surface area contributed by atoms with Gasteiger partial charge in [-0.2, -0.15) is 0 Å². The van der Waals surface area contributed by atoms with Gasteiger partial charge in [-0.1, -0.05) is 27.7 Å². The first-order valence-corrected chi connectivity index (χ1v) is 8.15. The Balaban J connectivity index is 2.29. The molecule has 0 spiro atoms. The summed E-state index contributed by atoms with van der Waals surface area (Å²) >= 11 is 1.57. The Hall–Kier alpha value is -1.43. The Morgan fingerprint density at radius 3 is 2.43 bits per heavy atom. The zero-order valence-corrected chi connectivity index (χ0v) is 14.0. The van der Waals surface area contributed by atoms with E-state index in [0.717, 1.165) is 9.88 Å². The zero-order chi connectivity index (χ0) is 15.7. The quantitative estimate of drug-likeness (QED) is 0.925. The molecule has 0 aromatic carbocycles. The van der Waals surface area contributed by atoms with Crippen LogP contribution in [-0.4, -0.2) is 33.8 Å². The van der Waals surface area contributed by atoms with Crippen LogP contribution in [0.15, 0.2) is 6.20 Å². The van der Waals surface area contributed by atoms with Crippen LogP contribution in [0.5, 0.6) is 0 Å². The van der Waals surface area contributed by atoms with E-state index >= 15 is 0 Å². The van der Waals surface area contributed by atoms with Gasteiger partial charge in [0.2, 0.25) is 11.8 Å². The second-order valence-corrected chi connectivity index (χ2v) is 7.55. The molecule has 1 aliphatic rings. The lowest BCUT2D eigenvalue weighted by atomic mass is 9.93. The number of nitrogens with zero attached hydrogens (tertiary/aromatic N) is 2. The second-order valence-electron chi connectivity index (χ2n) is 6.23. The van der Waals surface area contributed by atoms with E-state index in [1.54, 1.807) is 22.4 Å². The van der Waals surface area contributed by atoms with Crippen molar-refractivity contribution in [3.8, 4) is 0 Å². The van der Waals surface area contributed by atoms with E-state index in [2.05, 4.69) is 10.3 Å². The predicted molar refractivity (Wildman–Crippen MR) is 82.8 cm³/mol. The number of amides is 2. The van der Waals surface area contributed by atoms with Crippen LogP contribution < -0.4 is 5.32 Å². The van der Waals surface area contributed by atoms with Gasteiger partial charge in [0, 0.05) is 11.1 Å². The number of nitrogens with one attached hydrogen (secondary N) is 1. The van der Waals surface area contributed by atoms with E-state index < -0.39 is 12.1 Å². The molecule has 1 fully saturated rings. The minimum atomic E-state index is -0.429. The molecule has 2 atom stereocenters. The first-order valence-electron chi connectivity index (χ1n) is 7.33. The maximum atomic E-state index is 12.7. The van der Waals surface area contributed by atoms with Gasteiger partial charge in [0.25, 0.3) is 0 Å². The number of carbonyl (C=O) groups is 2. The third-order valence-electron chi connectivity index (χ3n) is 3.74. The molecule has 21 heavy (non-hydrogen) atoms. The monoisotopic (exact) mass is 309 g/mol. The van der Waals surface area contributed by atoms with Gasteiger partial charge in [-0.25, -0.2) is 4.98 Å². The fraction of sp³-hybridized carbons (Fsp3) is 0.667. The Morgan fingerprint density at radius 1 is 1.29 bits per heavy atom. The van der Waals surface area contributed by atoms with Gasteiger partial charge in [-0.05, 0) is 18.8 Å². The number of rotatable bonds is 4. The molecule has 0 radical (unpaired) electrons. The summed E-state index contributed by atoms with van der Waals surface area (Å²) < 4.78 is 0. The van der Waals surface area contributed by atoms with Crippen molar-refractivity contribution >= 4 is 23.2 Å². The Bertz CT molecular complexity index is 539. The highest BCUT2D eigenvalue weighted by Crippen LogP contribution is 2.24. The summed E-state index contributed by atoms with van der Waals surface area (Å²) in [5.74, 6) is 0.121. The minimum absolute atomic E-state index is 0.00866. The lowest BCUT2D eigenvalue weighted by Crippen LogP contribution is -2.65. The van der Waals surface area contributed by atoms with E-state index in [4.69, 9.17) is 0 Å². The molecule has 2 amide bonds. The van der Waals surface area contributed by atoms with E-state index in [0.29, 0.717) is 6.54 Å². The largest absolute Gasteiger partial charge is 0.342 e. The molecular weight excluding hydrogens is 286 g/mol. The molecule has 2 unspecified atom stereocenters. The molecule has 1 aromatic rings. The van der Waals surface area contributed by atoms with Crippen LogP contribution in [0.1, 0.15) is 37.6 Å². The molecule has 2 rings (SSSR count). The lowest BCUT2D eigenvalue weighted by Gasteiger charge is -2.41. The van der Waals surface area contributed by atoms with Crippen molar-refractivity contribution in [1.29, 1.82) is 0 Å². The summed E-state index contributed by atoms with van der Waals surface area (Å²) in [7, 11) is 0. The summed E-state index contributed by atoms with van der Waals surface area (Å²) in [6.07, 6.45) is 1.79. The number of aromatic nitrogens is 1. The molecule has 0 saturated carbocycles. The van der Waals surface area contributed by atoms with Crippen LogP contribution in [-0.2, 0) is 16.1 Å². The van der Waals surface area contributed by atoms with E-state index in [9.17, 15) is 9.59 Å². The number of hydrogen-bond donors (Lipinski definition) is 1. The smallest absolute Gasteiger partial charge is 0.246 e. The Kier molecular flexibility index (Phi) is 4.66. The summed E-state index contributed by atoms with van der Waals surface area (Å²) in [5, 5.41) is 3.85. The second kappa shape index (κ2) is 6.13. The maximum absolute atomic E-state index is 12.7. The molecule has 5 nitrogen and oxygen atoms in total. The highest BCUT2D eigenvalue weighted by atomic mass is 32.1. The molecular formula is C15H23N3O2S. The SMILES string of the molecule is Cc1ncc(CN2C(=O)C(C(C)C)NC(=O)C2C(C)C)s1. The molecule has 1 saturated heterocycles. The Morgan fingerprint density at radius 2 is 1.95 bits per heavy atom. The van der Waals surface area contributed by atoms with Crippen molar-refractivity contribution in [2.24, 2.45) is 11.8 Å². The van der Waals surface area contributed by atoms with Gasteiger partial charge in [0.15, 0.2) is 0 Å². The summed E-state index contributed by atoms with van der Waals surface area (Å²) in [6.45, 7) is 10.2. The van der Waals surface area contributed by atoms with E-state index in [1.165, 1.54) is 0 Å².